The van der Waals surface area contributed by atoms with Crippen molar-refractivity contribution >= 4 is 17.1 Å². The Bertz CT molecular complexity index is 396. The fraction of sp³-hybridized carbons (Fsp3) is 0.500. The number of hydrogen-bond acceptors (Lipinski definition) is 5. The van der Waals surface area contributed by atoms with Crippen LogP contribution in [0.15, 0.2) is 18.2 Å². The maximum Gasteiger partial charge on any atom is 0.271 e. The molecular formula is C12H19N3O3. The highest BCUT2D eigenvalue weighted by molar-refractivity contribution is 5.69. The number of nitro benzene ring substituents is 1. The van der Waals surface area contributed by atoms with Crippen molar-refractivity contribution in [3.63, 3.8) is 0 Å². The summed E-state index contributed by atoms with van der Waals surface area (Å²) in [6, 6.07) is 4.42. The highest BCUT2D eigenvalue weighted by Crippen LogP contribution is 2.23. The molecule has 0 atom stereocenters. The molecule has 0 aliphatic heterocycles. The smallest absolute Gasteiger partial charge is 0.271 e. The number of nitrogens with two attached hydrogens (primary N) is 1. The summed E-state index contributed by atoms with van der Waals surface area (Å²) in [4.78, 5) is 10.1. The molecule has 0 aromatic heterocycles. The zero-order valence-corrected chi connectivity index (χ0v) is 10.3. The molecule has 18 heavy (non-hydrogen) atoms. The van der Waals surface area contributed by atoms with Crippen LogP contribution in [0.3, 0.4) is 0 Å². The minimum atomic E-state index is -0.463. The normalized spacial score (nSPS) is 10.3. The van der Waals surface area contributed by atoms with Gasteiger partial charge in [-0.15, -0.1) is 0 Å². The number of rotatable bonds is 8. The van der Waals surface area contributed by atoms with Crippen molar-refractivity contribution in [2.45, 2.75) is 25.7 Å². The van der Waals surface area contributed by atoms with Crippen LogP contribution in [0.5, 0.6) is 0 Å². The van der Waals surface area contributed by atoms with E-state index < -0.39 is 4.92 Å². The number of nitro groups is 1. The lowest BCUT2D eigenvalue weighted by Gasteiger charge is -2.08. The number of nitrogen functional groups attached to an aromatic ring is 1. The number of unbranched alkanes of at least 4 members (excludes halogenated alkanes) is 3. The van der Waals surface area contributed by atoms with Gasteiger partial charge in [-0.25, -0.2) is 0 Å². The van der Waals surface area contributed by atoms with E-state index in [4.69, 9.17) is 10.8 Å². The topological polar surface area (TPSA) is 101 Å². The van der Waals surface area contributed by atoms with Crippen molar-refractivity contribution in [1.82, 2.24) is 0 Å². The quantitative estimate of drug-likeness (QED) is 0.285. The Morgan fingerprint density at radius 3 is 2.61 bits per heavy atom. The summed E-state index contributed by atoms with van der Waals surface area (Å²) < 4.78 is 0. The highest BCUT2D eigenvalue weighted by atomic mass is 16.6. The fourth-order valence-corrected chi connectivity index (χ4v) is 1.64. The summed E-state index contributed by atoms with van der Waals surface area (Å²) in [7, 11) is 0. The molecule has 1 aromatic rings. The Kier molecular flexibility index (Phi) is 5.93. The van der Waals surface area contributed by atoms with Gasteiger partial charge in [0.1, 0.15) is 0 Å². The van der Waals surface area contributed by atoms with Gasteiger partial charge in [0.15, 0.2) is 0 Å². The number of non-ortho nitro benzene ring substituents is 1. The summed E-state index contributed by atoms with van der Waals surface area (Å²) in [5, 5.41) is 22.3. The molecule has 6 nitrogen and oxygen atoms in total. The maximum absolute atomic E-state index is 10.5. The van der Waals surface area contributed by atoms with E-state index in [-0.39, 0.29) is 12.3 Å². The molecule has 0 saturated carbocycles. The number of nitrogens with one attached hydrogen (secondary N) is 1. The van der Waals surface area contributed by atoms with Crippen molar-refractivity contribution in [2.24, 2.45) is 0 Å². The van der Waals surface area contributed by atoms with Crippen molar-refractivity contribution < 1.29 is 10.0 Å². The van der Waals surface area contributed by atoms with E-state index in [9.17, 15) is 10.1 Å². The number of anilines is 2. The first kappa shape index (κ1) is 14.2. The van der Waals surface area contributed by atoms with Crippen LogP contribution in [0.2, 0.25) is 0 Å². The highest BCUT2D eigenvalue weighted by Gasteiger charge is 2.07. The van der Waals surface area contributed by atoms with Crippen LogP contribution in [0.1, 0.15) is 25.7 Å². The van der Waals surface area contributed by atoms with Gasteiger partial charge in [0.2, 0.25) is 0 Å². The monoisotopic (exact) mass is 253 g/mol. The number of nitrogens with zero attached hydrogens (tertiary/aromatic N) is 1. The average molecular weight is 253 g/mol. The molecule has 0 saturated heterocycles. The molecule has 0 heterocycles. The molecule has 0 radical (unpaired) electrons. The molecule has 0 spiro atoms. The van der Waals surface area contributed by atoms with E-state index in [0.717, 1.165) is 37.9 Å². The number of benzene rings is 1. The molecule has 1 rings (SSSR count). The summed E-state index contributed by atoms with van der Waals surface area (Å²) in [6.45, 7) is 1.01. The Balaban J connectivity index is 2.36. The van der Waals surface area contributed by atoms with Crippen LogP contribution in [0.25, 0.3) is 0 Å². The van der Waals surface area contributed by atoms with Gasteiger partial charge < -0.3 is 16.2 Å². The molecule has 1 aromatic carbocycles. The van der Waals surface area contributed by atoms with E-state index in [1.807, 2.05) is 0 Å². The lowest BCUT2D eigenvalue weighted by atomic mass is 10.2. The first-order chi connectivity index (χ1) is 8.65. The van der Waals surface area contributed by atoms with Gasteiger partial charge in [0.05, 0.1) is 16.3 Å². The second kappa shape index (κ2) is 7.50. The van der Waals surface area contributed by atoms with Gasteiger partial charge in [-0.05, 0) is 18.9 Å². The van der Waals surface area contributed by atoms with Crippen LogP contribution in [0, 0.1) is 10.1 Å². The van der Waals surface area contributed by atoms with Crippen LogP contribution >= 0.6 is 0 Å². The lowest BCUT2D eigenvalue weighted by Crippen LogP contribution is -2.04. The Hall–Kier alpha value is -1.82. The molecule has 4 N–H and O–H groups in total. The summed E-state index contributed by atoms with van der Waals surface area (Å²) >= 11 is 0. The van der Waals surface area contributed by atoms with E-state index in [1.165, 1.54) is 12.1 Å². The van der Waals surface area contributed by atoms with Crippen LogP contribution < -0.4 is 11.1 Å². The van der Waals surface area contributed by atoms with Crippen LogP contribution in [0.4, 0.5) is 17.1 Å². The molecule has 0 unspecified atom stereocenters. The lowest BCUT2D eigenvalue weighted by molar-refractivity contribution is -0.384. The van der Waals surface area contributed by atoms with Crippen LogP contribution in [-0.2, 0) is 0 Å². The van der Waals surface area contributed by atoms with E-state index in [0.29, 0.717) is 5.69 Å². The molecule has 0 amide bonds. The maximum atomic E-state index is 10.5. The van der Waals surface area contributed by atoms with Crippen molar-refractivity contribution in [1.29, 1.82) is 0 Å². The molecular weight excluding hydrogens is 234 g/mol. The predicted molar refractivity (Wildman–Crippen MR) is 71.6 cm³/mol. The van der Waals surface area contributed by atoms with Gasteiger partial charge in [0, 0.05) is 25.3 Å². The summed E-state index contributed by atoms with van der Waals surface area (Å²) in [5.74, 6) is 0. The third-order valence-corrected chi connectivity index (χ3v) is 2.65. The second-order valence-electron chi connectivity index (χ2n) is 4.09. The minimum absolute atomic E-state index is 0.000922. The van der Waals surface area contributed by atoms with Crippen molar-refractivity contribution in [3.8, 4) is 0 Å². The van der Waals surface area contributed by atoms with Gasteiger partial charge in [0.25, 0.3) is 5.69 Å². The molecule has 0 bridgehead atoms. The molecule has 6 heteroatoms. The van der Waals surface area contributed by atoms with E-state index in [1.54, 1.807) is 6.07 Å². The van der Waals surface area contributed by atoms with Crippen molar-refractivity contribution in [3.05, 3.63) is 28.3 Å². The van der Waals surface area contributed by atoms with E-state index in [2.05, 4.69) is 5.32 Å². The first-order valence-corrected chi connectivity index (χ1v) is 6.04. The number of aliphatic hydroxyl groups excluding tert-OH is 1. The summed E-state index contributed by atoms with van der Waals surface area (Å²) in [5.41, 5.74) is 6.84. The van der Waals surface area contributed by atoms with E-state index >= 15 is 0 Å². The number of hydrogen-bond donors (Lipinski definition) is 3. The van der Waals surface area contributed by atoms with Crippen molar-refractivity contribution in [2.75, 3.05) is 24.2 Å². The second-order valence-corrected chi connectivity index (χ2v) is 4.09. The Morgan fingerprint density at radius 2 is 2.00 bits per heavy atom. The van der Waals surface area contributed by atoms with Gasteiger partial charge in [-0.3, -0.25) is 10.1 Å². The minimum Gasteiger partial charge on any atom is -0.397 e. The Labute approximate surface area is 106 Å². The van der Waals surface area contributed by atoms with Gasteiger partial charge >= 0.3 is 0 Å². The SMILES string of the molecule is Nc1cc([N+](=O)[O-])ccc1NCCCCCCO. The zero-order chi connectivity index (χ0) is 13.4. The van der Waals surface area contributed by atoms with Gasteiger partial charge in [-0.2, -0.15) is 0 Å². The van der Waals surface area contributed by atoms with Crippen LogP contribution in [-0.4, -0.2) is 23.2 Å². The largest absolute Gasteiger partial charge is 0.397 e. The molecule has 100 valence electrons. The molecule has 0 fully saturated rings. The third-order valence-electron chi connectivity index (χ3n) is 2.65. The summed E-state index contributed by atoms with van der Waals surface area (Å²) in [6.07, 6.45) is 3.87. The first-order valence-electron chi connectivity index (χ1n) is 6.04. The Morgan fingerprint density at radius 1 is 1.28 bits per heavy atom. The molecule has 0 aliphatic carbocycles. The average Bonchev–Trinajstić information content (AvgIpc) is 2.35. The standard InChI is InChI=1S/C12H19N3O3/c13-11-9-10(15(17)18)5-6-12(11)14-7-3-1-2-4-8-16/h5-6,9,14,16H,1-4,7-8,13H2. The number of aliphatic hydroxyl groups is 1. The molecule has 0 aliphatic rings. The fourth-order valence-electron chi connectivity index (χ4n) is 1.64. The third kappa shape index (κ3) is 4.58. The predicted octanol–water partition coefficient (Wildman–Crippen LogP) is 2.14. The zero-order valence-electron chi connectivity index (χ0n) is 10.3. The van der Waals surface area contributed by atoms with Gasteiger partial charge in [-0.1, -0.05) is 12.8 Å².